The van der Waals surface area contributed by atoms with Gasteiger partial charge in [-0.3, -0.25) is 9.59 Å². The Morgan fingerprint density at radius 2 is 1.64 bits per heavy atom. The van der Waals surface area contributed by atoms with Gasteiger partial charge in [-0.25, -0.2) is 4.79 Å². The molecule has 2 aliphatic rings. The fourth-order valence-corrected chi connectivity index (χ4v) is 6.81. The topological polar surface area (TPSA) is 150 Å². The maximum Gasteiger partial charge on any atom is 0.329 e. The molecule has 0 aliphatic heterocycles. The van der Waals surface area contributed by atoms with E-state index >= 15 is 0 Å². The quantitative estimate of drug-likeness (QED) is 0.139. The van der Waals surface area contributed by atoms with Crippen LogP contribution in [0.2, 0.25) is 0 Å². The van der Waals surface area contributed by atoms with Crippen LogP contribution in [-0.2, 0) is 19.1 Å². The molecule has 0 unspecified atom stereocenters. The number of anilines is 2. The van der Waals surface area contributed by atoms with E-state index in [0.29, 0.717) is 40.9 Å². The zero-order valence-electron chi connectivity index (χ0n) is 25.7. The van der Waals surface area contributed by atoms with Gasteiger partial charge in [0.2, 0.25) is 11.8 Å². The van der Waals surface area contributed by atoms with Gasteiger partial charge in [-0.1, -0.05) is 27.7 Å². The molecule has 0 radical (unpaired) electrons. The number of nitrogens with zero attached hydrogens (tertiary/aromatic N) is 1. The van der Waals surface area contributed by atoms with E-state index in [1.54, 1.807) is 18.2 Å². The number of ether oxygens (including phenoxy) is 2. The van der Waals surface area contributed by atoms with Gasteiger partial charge in [0.05, 0.1) is 5.56 Å². The zero-order valence-corrected chi connectivity index (χ0v) is 27.3. The molecule has 2 aliphatic carbocycles. The van der Waals surface area contributed by atoms with E-state index in [1.165, 1.54) is 0 Å². The van der Waals surface area contributed by atoms with Crippen molar-refractivity contribution < 1.29 is 29.0 Å². The summed E-state index contributed by atoms with van der Waals surface area (Å²) >= 11 is 3.42. The van der Waals surface area contributed by atoms with Crippen molar-refractivity contribution in [3.05, 3.63) is 52.5 Å². The molecule has 0 bridgehead atoms. The maximum absolute atomic E-state index is 13.5. The molecule has 2 saturated carbocycles. The highest BCUT2D eigenvalue weighted by Gasteiger charge is 2.66. The third kappa shape index (κ3) is 7.36. The van der Waals surface area contributed by atoms with Crippen LogP contribution in [0.25, 0.3) is 0 Å². The minimum atomic E-state index is -1.08. The van der Waals surface area contributed by atoms with Crippen molar-refractivity contribution in [2.45, 2.75) is 71.9 Å². The number of carboxylic acids is 1. The normalized spacial score (nSPS) is 20.4. The number of nitriles is 1. The number of nitrogens with one attached hydrogen (secondary N) is 3. The highest BCUT2D eigenvalue weighted by molar-refractivity contribution is 9.10. The second kappa shape index (κ2) is 13.6. The molecule has 0 atom stereocenters. The summed E-state index contributed by atoms with van der Waals surface area (Å²) in [6, 6.07) is 14.6. The number of rotatable bonds is 15. The molecule has 0 spiro atoms. The third-order valence-corrected chi connectivity index (χ3v) is 9.37. The standard InChI is InChI=1S/C33H41BrN4O6/c1-31(2)27(32(3,4)28(31)44-24-13-8-21(19-35)25(34)18-24)38-30(42)33(14-15-33)29(41)37-23-11-9-22(10-12-23)36-16-6-5-7-17-43-20-26(39)40/h8-13,18,27-28,36H,5-7,14-17,20H2,1-4H3,(H,37,41)(H,38,42)(H,39,40)/t27-,28-. The summed E-state index contributed by atoms with van der Waals surface area (Å²) in [6.07, 6.45) is 3.44. The number of benzene rings is 2. The Labute approximate surface area is 267 Å². The summed E-state index contributed by atoms with van der Waals surface area (Å²) in [4.78, 5) is 37.3. The predicted molar refractivity (Wildman–Crippen MR) is 170 cm³/mol. The minimum Gasteiger partial charge on any atom is -0.489 e. The molecule has 4 rings (SSSR count). The highest BCUT2D eigenvalue weighted by Crippen LogP contribution is 2.57. The molecule has 2 fully saturated rings. The number of hydrogen-bond donors (Lipinski definition) is 4. The van der Waals surface area contributed by atoms with Crippen molar-refractivity contribution in [2.75, 3.05) is 30.4 Å². The summed E-state index contributed by atoms with van der Waals surface area (Å²) < 4.78 is 12.1. The molecular weight excluding hydrogens is 628 g/mol. The van der Waals surface area contributed by atoms with E-state index in [1.807, 2.05) is 24.3 Å². The average molecular weight is 670 g/mol. The molecule has 2 aromatic carbocycles. The van der Waals surface area contributed by atoms with E-state index in [-0.39, 0.29) is 30.6 Å². The van der Waals surface area contributed by atoms with Gasteiger partial charge in [0, 0.05) is 45.9 Å². The Balaban J connectivity index is 1.26. The van der Waals surface area contributed by atoms with Crippen LogP contribution in [0.3, 0.4) is 0 Å². The lowest BCUT2D eigenvalue weighted by Gasteiger charge is -2.63. The van der Waals surface area contributed by atoms with Crippen LogP contribution in [0.5, 0.6) is 5.75 Å². The molecule has 0 saturated heterocycles. The Bertz CT molecular complexity index is 1400. The van der Waals surface area contributed by atoms with Crippen molar-refractivity contribution in [1.82, 2.24) is 5.32 Å². The van der Waals surface area contributed by atoms with Crippen molar-refractivity contribution >= 4 is 45.1 Å². The van der Waals surface area contributed by atoms with Gasteiger partial charge in [0.1, 0.15) is 29.9 Å². The molecule has 2 amide bonds. The fraction of sp³-hybridized carbons (Fsp3) is 0.515. The summed E-state index contributed by atoms with van der Waals surface area (Å²) in [7, 11) is 0. The SMILES string of the molecule is CC1(C)[C@H](NC(=O)C2(C(=O)Nc3ccc(NCCCCCOCC(=O)O)cc3)CC2)C(C)(C)[C@H]1Oc1ccc(C#N)c(Br)c1. The smallest absolute Gasteiger partial charge is 0.329 e. The van der Waals surface area contributed by atoms with Crippen LogP contribution >= 0.6 is 15.9 Å². The van der Waals surface area contributed by atoms with Gasteiger partial charge in [-0.15, -0.1) is 0 Å². The third-order valence-electron chi connectivity index (χ3n) is 8.71. The second-order valence-corrected chi connectivity index (χ2v) is 13.7. The monoisotopic (exact) mass is 668 g/mol. The first-order chi connectivity index (χ1) is 20.8. The molecule has 4 N–H and O–H groups in total. The van der Waals surface area contributed by atoms with E-state index in [0.717, 1.165) is 31.5 Å². The number of halogens is 1. The average Bonchev–Trinajstić information content (AvgIpc) is 3.79. The molecule has 44 heavy (non-hydrogen) atoms. The van der Waals surface area contributed by atoms with Gasteiger partial charge < -0.3 is 30.5 Å². The molecule has 236 valence electrons. The number of carbonyl (C=O) groups is 3. The molecular formula is C33H41BrN4O6. The number of hydrogen-bond acceptors (Lipinski definition) is 7. The van der Waals surface area contributed by atoms with Crippen molar-refractivity contribution in [3.8, 4) is 11.8 Å². The molecule has 0 aromatic heterocycles. The number of carbonyl (C=O) groups excluding carboxylic acids is 2. The van der Waals surface area contributed by atoms with Crippen LogP contribution in [-0.4, -0.2) is 54.8 Å². The largest absolute Gasteiger partial charge is 0.489 e. The molecule has 10 nitrogen and oxygen atoms in total. The summed E-state index contributed by atoms with van der Waals surface area (Å²) in [5.74, 6) is -0.872. The number of carboxylic acid groups (broad SMARTS) is 1. The van der Waals surface area contributed by atoms with E-state index < -0.39 is 22.2 Å². The van der Waals surface area contributed by atoms with Gasteiger partial charge in [-0.2, -0.15) is 5.26 Å². The van der Waals surface area contributed by atoms with Crippen LogP contribution in [0.15, 0.2) is 46.9 Å². The minimum absolute atomic E-state index is 0.200. The summed E-state index contributed by atoms with van der Waals surface area (Å²) in [5, 5.41) is 27.2. The Morgan fingerprint density at radius 3 is 2.23 bits per heavy atom. The van der Waals surface area contributed by atoms with Gasteiger partial charge >= 0.3 is 5.97 Å². The highest BCUT2D eigenvalue weighted by atomic mass is 79.9. The van der Waals surface area contributed by atoms with Crippen LogP contribution in [0.1, 0.15) is 65.4 Å². The first-order valence-electron chi connectivity index (χ1n) is 14.9. The lowest BCUT2D eigenvalue weighted by molar-refractivity contribution is -0.175. The zero-order chi connectivity index (χ0) is 32.1. The Morgan fingerprint density at radius 1 is 0.977 bits per heavy atom. The fourth-order valence-electron chi connectivity index (χ4n) is 6.37. The number of unbranched alkanes of at least 4 members (excludes halogenated alkanes) is 2. The van der Waals surface area contributed by atoms with E-state index in [9.17, 15) is 19.6 Å². The summed E-state index contributed by atoms with van der Waals surface area (Å²) in [6.45, 7) is 9.15. The lowest BCUT2D eigenvalue weighted by atomic mass is 9.49. The van der Waals surface area contributed by atoms with E-state index in [4.69, 9.17) is 14.6 Å². The van der Waals surface area contributed by atoms with Gasteiger partial charge in [0.15, 0.2) is 0 Å². The second-order valence-electron chi connectivity index (χ2n) is 12.8. The lowest BCUT2D eigenvalue weighted by Crippen LogP contribution is -2.75. The molecule has 2 aromatic rings. The Kier molecular flexibility index (Phi) is 10.3. The Hall–Kier alpha value is -3.62. The van der Waals surface area contributed by atoms with Gasteiger partial charge in [0.25, 0.3) is 0 Å². The van der Waals surface area contributed by atoms with Crippen molar-refractivity contribution in [3.63, 3.8) is 0 Å². The van der Waals surface area contributed by atoms with E-state index in [2.05, 4.69) is 65.6 Å². The van der Waals surface area contributed by atoms with Crippen LogP contribution in [0, 0.1) is 27.6 Å². The van der Waals surface area contributed by atoms with Crippen LogP contribution < -0.4 is 20.7 Å². The first-order valence-corrected chi connectivity index (χ1v) is 15.7. The maximum atomic E-state index is 13.5. The van der Waals surface area contributed by atoms with Gasteiger partial charge in [-0.05, 0) is 90.5 Å². The summed E-state index contributed by atoms with van der Waals surface area (Å²) in [5.41, 5.74) is 0.194. The molecule has 0 heterocycles. The van der Waals surface area contributed by atoms with Crippen LogP contribution in [0.4, 0.5) is 11.4 Å². The number of amides is 2. The number of aliphatic carboxylic acids is 1. The van der Waals surface area contributed by atoms with Crippen molar-refractivity contribution in [1.29, 1.82) is 5.26 Å². The first kappa shape index (κ1) is 33.3. The predicted octanol–water partition coefficient (Wildman–Crippen LogP) is 5.72. The van der Waals surface area contributed by atoms with Crippen molar-refractivity contribution in [2.24, 2.45) is 16.2 Å². The molecule has 11 heteroatoms.